The van der Waals surface area contributed by atoms with Gasteiger partial charge in [-0.15, -0.1) is 22.7 Å². The van der Waals surface area contributed by atoms with Crippen LogP contribution in [0.1, 0.15) is 46.3 Å². The van der Waals surface area contributed by atoms with E-state index in [2.05, 4.69) is 11.9 Å². The molecule has 1 aliphatic heterocycles. The number of carbonyl (C=O) groups is 3. The molecule has 2 aromatic heterocycles. The van der Waals surface area contributed by atoms with E-state index < -0.39 is 29.6 Å². The number of nitrogen functional groups attached to an aromatic ring is 1. The second-order valence-corrected chi connectivity index (χ2v) is 8.37. The highest BCUT2D eigenvalue weighted by Crippen LogP contribution is 2.52. The molecule has 0 aliphatic carbocycles. The number of Topliss-reactive ketones (excluding diaryl/α,β-unsaturated/α-hetero) is 1. The van der Waals surface area contributed by atoms with Crippen molar-refractivity contribution in [2.24, 2.45) is 5.92 Å². The fourth-order valence-electron chi connectivity index (χ4n) is 3.37. The second-order valence-electron chi connectivity index (χ2n) is 6.37. The molecule has 0 unspecified atom stereocenters. The minimum atomic E-state index is -0.675. The van der Waals surface area contributed by atoms with Gasteiger partial charge in [-0.3, -0.25) is 14.4 Å². The number of nitrogens with two attached hydrogens (primary N) is 1. The zero-order valence-electron chi connectivity index (χ0n) is 16.2. The molecule has 2 atom stereocenters. The Hall–Kier alpha value is -2.65. The van der Waals surface area contributed by atoms with Gasteiger partial charge in [-0.25, -0.2) is 0 Å². The number of rotatable bonds is 7. The van der Waals surface area contributed by atoms with Crippen LogP contribution in [0, 0.1) is 5.92 Å². The average molecular weight is 435 g/mol. The lowest BCUT2D eigenvalue weighted by molar-refractivity contribution is -0.147. The lowest BCUT2D eigenvalue weighted by Gasteiger charge is -2.32. The predicted molar refractivity (Wildman–Crippen MR) is 113 cm³/mol. The summed E-state index contributed by atoms with van der Waals surface area (Å²) in [5.74, 6) is -2.51. The van der Waals surface area contributed by atoms with Gasteiger partial charge >= 0.3 is 11.9 Å². The number of thiophene rings is 2. The third-order valence-corrected chi connectivity index (χ3v) is 6.66. The zero-order valence-corrected chi connectivity index (χ0v) is 17.8. The van der Waals surface area contributed by atoms with Crippen LogP contribution >= 0.6 is 22.7 Å². The van der Waals surface area contributed by atoms with Gasteiger partial charge in [-0.2, -0.15) is 0 Å². The molecule has 2 aromatic rings. The molecule has 9 heteroatoms. The van der Waals surface area contributed by atoms with Crippen LogP contribution in [0.5, 0.6) is 0 Å². The quantitative estimate of drug-likeness (QED) is 0.388. The first-order valence-corrected chi connectivity index (χ1v) is 10.8. The summed E-state index contributed by atoms with van der Waals surface area (Å²) in [5.41, 5.74) is 7.79. The molecule has 0 spiro atoms. The summed E-state index contributed by atoms with van der Waals surface area (Å²) in [7, 11) is 0. The van der Waals surface area contributed by atoms with Crippen molar-refractivity contribution >= 4 is 51.1 Å². The van der Waals surface area contributed by atoms with E-state index in [1.807, 2.05) is 17.5 Å². The molecule has 0 radical (unpaired) electrons. The number of esters is 2. The van der Waals surface area contributed by atoms with Gasteiger partial charge in [-0.05, 0) is 25.3 Å². The Kier molecular flexibility index (Phi) is 6.39. The van der Waals surface area contributed by atoms with Crippen molar-refractivity contribution < 1.29 is 23.9 Å². The maximum Gasteiger partial charge on any atom is 0.315 e. The Labute approximate surface area is 176 Å². The van der Waals surface area contributed by atoms with E-state index in [9.17, 15) is 14.4 Å². The van der Waals surface area contributed by atoms with Crippen LogP contribution in [0.2, 0.25) is 0 Å². The number of anilines is 2. The molecular formula is C20H22N2O5S2. The van der Waals surface area contributed by atoms with E-state index in [4.69, 9.17) is 15.2 Å². The highest BCUT2D eigenvalue weighted by Gasteiger charge is 2.43. The standard InChI is InChI=1S/C20H22N2O5S2/c1-4-26-13(24)9-11(23)18-17(21)16-15(12-7-6-8-28-12)14(20(25)27-5-2)10(3)22-19(16)29-18/h6-8,14-15,22H,3-5,9,21H2,1-2H3/t14-,15+/m0/s1. The number of ketones is 1. The van der Waals surface area contributed by atoms with E-state index in [-0.39, 0.29) is 30.2 Å². The van der Waals surface area contributed by atoms with Gasteiger partial charge in [0.2, 0.25) is 0 Å². The molecule has 1 aliphatic rings. The highest BCUT2D eigenvalue weighted by molar-refractivity contribution is 7.19. The summed E-state index contributed by atoms with van der Waals surface area (Å²) in [5, 5.41) is 5.68. The van der Waals surface area contributed by atoms with Crippen LogP contribution in [-0.4, -0.2) is 30.9 Å². The monoisotopic (exact) mass is 434 g/mol. The van der Waals surface area contributed by atoms with Gasteiger partial charge in [0.05, 0.1) is 28.8 Å². The normalized spacial score (nSPS) is 17.9. The van der Waals surface area contributed by atoms with Gasteiger partial charge in [0.25, 0.3) is 0 Å². The molecule has 0 saturated heterocycles. The van der Waals surface area contributed by atoms with E-state index in [1.54, 1.807) is 13.8 Å². The Morgan fingerprint density at radius 1 is 1.24 bits per heavy atom. The van der Waals surface area contributed by atoms with Crippen LogP contribution in [-0.2, 0) is 19.1 Å². The van der Waals surface area contributed by atoms with Crippen LogP contribution in [0.15, 0.2) is 29.8 Å². The summed E-state index contributed by atoms with van der Waals surface area (Å²) < 4.78 is 10.1. The summed E-state index contributed by atoms with van der Waals surface area (Å²) in [4.78, 5) is 38.3. The highest BCUT2D eigenvalue weighted by atomic mass is 32.1. The summed E-state index contributed by atoms with van der Waals surface area (Å²) in [6.07, 6.45) is -0.386. The molecule has 3 N–H and O–H groups in total. The minimum absolute atomic E-state index is 0.200. The maximum atomic E-state index is 12.7. The number of hydrogen-bond acceptors (Lipinski definition) is 9. The molecule has 7 nitrogen and oxygen atoms in total. The van der Waals surface area contributed by atoms with Crippen molar-refractivity contribution in [3.8, 4) is 0 Å². The third kappa shape index (κ3) is 4.06. The van der Waals surface area contributed by atoms with Crippen molar-refractivity contribution in [2.45, 2.75) is 26.2 Å². The van der Waals surface area contributed by atoms with Crippen molar-refractivity contribution in [1.29, 1.82) is 0 Å². The van der Waals surface area contributed by atoms with Gasteiger partial charge in [0.1, 0.15) is 12.3 Å². The average Bonchev–Trinajstić information content (AvgIpc) is 3.29. The smallest absolute Gasteiger partial charge is 0.315 e. The Morgan fingerprint density at radius 3 is 2.59 bits per heavy atom. The number of nitrogens with one attached hydrogen (secondary N) is 1. The van der Waals surface area contributed by atoms with Crippen molar-refractivity contribution in [2.75, 3.05) is 24.3 Å². The van der Waals surface area contributed by atoms with Gasteiger partial charge in [0.15, 0.2) is 5.78 Å². The maximum absolute atomic E-state index is 12.7. The van der Waals surface area contributed by atoms with Crippen molar-refractivity contribution in [1.82, 2.24) is 0 Å². The number of ether oxygens (including phenoxy) is 2. The topological polar surface area (TPSA) is 108 Å². The summed E-state index contributed by atoms with van der Waals surface area (Å²) in [6, 6.07) is 3.81. The van der Waals surface area contributed by atoms with Crippen LogP contribution in [0.25, 0.3) is 0 Å². The van der Waals surface area contributed by atoms with E-state index >= 15 is 0 Å². The Balaban J connectivity index is 2.05. The Morgan fingerprint density at radius 2 is 1.97 bits per heavy atom. The number of hydrogen-bond donors (Lipinski definition) is 2. The number of carbonyl (C=O) groups excluding carboxylic acids is 3. The van der Waals surface area contributed by atoms with Crippen LogP contribution in [0.4, 0.5) is 10.7 Å². The van der Waals surface area contributed by atoms with E-state index in [0.717, 1.165) is 16.2 Å². The van der Waals surface area contributed by atoms with Gasteiger partial charge in [-0.1, -0.05) is 12.6 Å². The molecule has 29 heavy (non-hydrogen) atoms. The predicted octanol–water partition coefficient (Wildman–Crippen LogP) is 3.78. The largest absolute Gasteiger partial charge is 0.466 e. The van der Waals surface area contributed by atoms with Gasteiger partial charge in [0, 0.05) is 22.1 Å². The Bertz CT molecular complexity index is 948. The lowest BCUT2D eigenvalue weighted by atomic mass is 9.80. The summed E-state index contributed by atoms with van der Waals surface area (Å²) >= 11 is 2.65. The molecule has 0 bridgehead atoms. The van der Waals surface area contributed by atoms with E-state index in [1.165, 1.54) is 11.3 Å². The fourth-order valence-corrected chi connectivity index (χ4v) is 5.38. The number of fused-ring (bicyclic) bond motifs is 1. The molecule has 3 heterocycles. The molecule has 0 amide bonds. The molecule has 3 rings (SSSR count). The molecule has 154 valence electrons. The first-order valence-electron chi connectivity index (χ1n) is 9.15. The molecule has 0 fully saturated rings. The van der Waals surface area contributed by atoms with E-state index in [0.29, 0.717) is 16.3 Å². The molecular weight excluding hydrogens is 412 g/mol. The minimum Gasteiger partial charge on any atom is -0.466 e. The van der Waals surface area contributed by atoms with Crippen LogP contribution in [0.3, 0.4) is 0 Å². The SMILES string of the molecule is C=C1Nc2sc(C(=O)CC(=O)OCC)c(N)c2[C@H](c2cccs2)[C@H]1C(=O)OCC. The van der Waals surface area contributed by atoms with Gasteiger partial charge < -0.3 is 20.5 Å². The van der Waals surface area contributed by atoms with Crippen LogP contribution < -0.4 is 11.1 Å². The summed E-state index contributed by atoms with van der Waals surface area (Å²) in [6.45, 7) is 7.88. The second kappa shape index (κ2) is 8.79. The van der Waals surface area contributed by atoms with Crippen molar-refractivity contribution in [3.63, 3.8) is 0 Å². The molecule has 0 saturated carbocycles. The van der Waals surface area contributed by atoms with Crippen molar-refractivity contribution in [3.05, 3.63) is 45.1 Å². The third-order valence-electron chi connectivity index (χ3n) is 4.53. The molecule has 0 aromatic carbocycles. The fraction of sp³-hybridized carbons (Fsp3) is 0.350. The zero-order chi connectivity index (χ0) is 21.1. The first-order chi connectivity index (χ1) is 13.9. The lowest BCUT2D eigenvalue weighted by Crippen LogP contribution is -2.33. The first kappa shape index (κ1) is 21.1.